The molecule has 1 aromatic heterocycles. The van der Waals surface area contributed by atoms with Gasteiger partial charge >= 0.3 is 0 Å². The molecule has 1 aromatic rings. The summed E-state index contributed by atoms with van der Waals surface area (Å²) in [6.45, 7) is 7.32. The molecule has 0 radical (unpaired) electrons. The van der Waals surface area contributed by atoms with Crippen LogP contribution >= 0.6 is 15.9 Å². The Morgan fingerprint density at radius 3 is 2.55 bits per heavy atom. The van der Waals surface area contributed by atoms with Crippen molar-refractivity contribution in [2.75, 3.05) is 33.4 Å². The number of methoxy groups -OCH3 is 1. The number of halogens is 1. The van der Waals surface area contributed by atoms with E-state index in [4.69, 9.17) is 9.15 Å². The SMILES string of the molecule is COCCN1C(C)CN(C(=O)c2ccc(Br)o2)CC1C. The van der Waals surface area contributed by atoms with Crippen molar-refractivity contribution in [3.05, 3.63) is 22.6 Å². The summed E-state index contributed by atoms with van der Waals surface area (Å²) < 4.78 is 11.1. The highest BCUT2D eigenvalue weighted by atomic mass is 79.9. The van der Waals surface area contributed by atoms with Crippen molar-refractivity contribution in [1.29, 1.82) is 0 Å². The minimum Gasteiger partial charge on any atom is -0.444 e. The van der Waals surface area contributed by atoms with Gasteiger partial charge in [0.1, 0.15) is 0 Å². The maximum Gasteiger partial charge on any atom is 0.289 e. The third kappa shape index (κ3) is 3.42. The summed E-state index contributed by atoms with van der Waals surface area (Å²) in [4.78, 5) is 16.6. The third-order valence-corrected chi connectivity index (χ3v) is 4.15. The van der Waals surface area contributed by atoms with E-state index >= 15 is 0 Å². The number of nitrogens with zero attached hydrogens (tertiary/aromatic N) is 2. The second-order valence-electron chi connectivity index (χ2n) is 5.24. The summed E-state index contributed by atoms with van der Waals surface area (Å²) in [5.41, 5.74) is 0. The summed E-state index contributed by atoms with van der Waals surface area (Å²) >= 11 is 3.23. The minimum atomic E-state index is -0.0409. The molecular weight excluding hydrogens is 324 g/mol. The van der Waals surface area contributed by atoms with Gasteiger partial charge in [0.25, 0.3) is 5.91 Å². The molecule has 0 bridgehead atoms. The molecule has 0 N–H and O–H groups in total. The molecule has 1 aliphatic rings. The van der Waals surface area contributed by atoms with E-state index < -0.39 is 0 Å². The predicted octanol–water partition coefficient (Wildman–Crippen LogP) is 2.22. The summed E-state index contributed by atoms with van der Waals surface area (Å²) in [7, 11) is 1.71. The van der Waals surface area contributed by atoms with Gasteiger partial charge in [0.2, 0.25) is 0 Å². The first-order chi connectivity index (χ1) is 9.52. The number of rotatable bonds is 4. The number of furan rings is 1. The van der Waals surface area contributed by atoms with Gasteiger partial charge in [0.05, 0.1) is 6.61 Å². The fraction of sp³-hybridized carbons (Fsp3) is 0.643. The van der Waals surface area contributed by atoms with Crippen LogP contribution in [0.3, 0.4) is 0 Å². The van der Waals surface area contributed by atoms with Crippen molar-refractivity contribution in [1.82, 2.24) is 9.80 Å². The van der Waals surface area contributed by atoms with Gasteiger partial charge in [-0.3, -0.25) is 9.69 Å². The Kier molecular flexibility index (Phi) is 5.23. The summed E-state index contributed by atoms with van der Waals surface area (Å²) in [5, 5.41) is 0. The van der Waals surface area contributed by atoms with Gasteiger partial charge in [0, 0.05) is 38.8 Å². The zero-order chi connectivity index (χ0) is 14.7. The van der Waals surface area contributed by atoms with E-state index in [0.717, 1.165) is 6.54 Å². The van der Waals surface area contributed by atoms with Crippen LogP contribution < -0.4 is 0 Å². The van der Waals surface area contributed by atoms with E-state index in [-0.39, 0.29) is 5.91 Å². The highest BCUT2D eigenvalue weighted by Crippen LogP contribution is 2.20. The van der Waals surface area contributed by atoms with Gasteiger partial charge in [-0.1, -0.05) is 0 Å². The Bertz CT molecular complexity index is 451. The zero-order valence-corrected chi connectivity index (χ0v) is 13.7. The second-order valence-corrected chi connectivity index (χ2v) is 6.02. The lowest BCUT2D eigenvalue weighted by molar-refractivity contribution is 0.0176. The first-order valence-corrected chi connectivity index (χ1v) is 7.61. The number of hydrogen-bond donors (Lipinski definition) is 0. The van der Waals surface area contributed by atoms with Gasteiger partial charge < -0.3 is 14.1 Å². The molecule has 1 fully saturated rings. The Hall–Kier alpha value is -0.850. The van der Waals surface area contributed by atoms with Crippen molar-refractivity contribution < 1.29 is 13.9 Å². The molecular formula is C14H21BrN2O3. The van der Waals surface area contributed by atoms with Gasteiger partial charge in [-0.05, 0) is 41.9 Å². The first-order valence-electron chi connectivity index (χ1n) is 6.82. The van der Waals surface area contributed by atoms with Crippen LogP contribution in [-0.2, 0) is 4.74 Å². The second kappa shape index (κ2) is 6.74. The molecule has 0 aromatic carbocycles. The molecule has 6 heteroatoms. The lowest BCUT2D eigenvalue weighted by Crippen LogP contribution is -2.58. The molecule has 112 valence electrons. The number of hydrogen-bond acceptors (Lipinski definition) is 4. The van der Waals surface area contributed by atoms with Crippen molar-refractivity contribution in [3.8, 4) is 0 Å². The summed E-state index contributed by atoms with van der Waals surface area (Å²) in [6.07, 6.45) is 0. The van der Waals surface area contributed by atoms with Crippen LogP contribution in [0.25, 0.3) is 0 Å². The maximum atomic E-state index is 12.4. The third-order valence-electron chi connectivity index (χ3n) is 3.73. The highest BCUT2D eigenvalue weighted by molar-refractivity contribution is 9.10. The molecule has 2 heterocycles. The van der Waals surface area contributed by atoms with Crippen molar-refractivity contribution in [2.45, 2.75) is 25.9 Å². The van der Waals surface area contributed by atoms with Crippen molar-refractivity contribution in [2.24, 2.45) is 0 Å². The van der Waals surface area contributed by atoms with Crippen molar-refractivity contribution in [3.63, 3.8) is 0 Å². The molecule has 2 unspecified atom stereocenters. The Morgan fingerprint density at radius 2 is 2.05 bits per heavy atom. The van der Waals surface area contributed by atoms with Crippen LogP contribution in [0.2, 0.25) is 0 Å². The van der Waals surface area contributed by atoms with Crippen LogP contribution in [0.1, 0.15) is 24.4 Å². The molecule has 2 rings (SSSR count). The fourth-order valence-electron chi connectivity index (χ4n) is 2.74. The molecule has 0 aliphatic carbocycles. The molecule has 1 saturated heterocycles. The molecule has 20 heavy (non-hydrogen) atoms. The smallest absolute Gasteiger partial charge is 0.289 e. The topological polar surface area (TPSA) is 45.9 Å². The normalized spacial score (nSPS) is 24.1. The van der Waals surface area contributed by atoms with Crippen LogP contribution in [0.5, 0.6) is 0 Å². The quantitative estimate of drug-likeness (QED) is 0.840. The van der Waals surface area contributed by atoms with Gasteiger partial charge in [0.15, 0.2) is 10.4 Å². The maximum absolute atomic E-state index is 12.4. The fourth-order valence-corrected chi connectivity index (χ4v) is 3.05. The van der Waals surface area contributed by atoms with Crippen LogP contribution in [-0.4, -0.2) is 61.1 Å². The number of carbonyl (C=O) groups is 1. The predicted molar refractivity (Wildman–Crippen MR) is 79.8 cm³/mol. The van der Waals surface area contributed by atoms with E-state index in [2.05, 4.69) is 34.7 Å². The Labute approximate surface area is 128 Å². The number of amides is 1. The molecule has 0 spiro atoms. The summed E-state index contributed by atoms with van der Waals surface area (Å²) in [6, 6.07) is 4.08. The lowest BCUT2D eigenvalue weighted by Gasteiger charge is -2.44. The standard InChI is InChI=1S/C14H21BrN2O3/c1-10-8-16(9-11(2)17(10)6-7-19-3)14(18)12-4-5-13(15)20-12/h4-5,10-11H,6-9H2,1-3H3. The van der Waals surface area contributed by atoms with Crippen LogP contribution in [0, 0.1) is 0 Å². The van der Waals surface area contributed by atoms with Gasteiger partial charge in [-0.2, -0.15) is 0 Å². The molecule has 0 saturated carbocycles. The monoisotopic (exact) mass is 344 g/mol. The Morgan fingerprint density at radius 1 is 1.40 bits per heavy atom. The van der Waals surface area contributed by atoms with Gasteiger partial charge in [-0.15, -0.1) is 0 Å². The molecule has 1 amide bonds. The van der Waals surface area contributed by atoms with Crippen molar-refractivity contribution >= 4 is 21.8 Å². The number of carbonyl (C=O) groups excluding carboxylic acids is 1. The van der Waals surface area contributed by atoms with E-state index in [1.165, 1.54) is 0 Å². The highest BCUT2D eigenvalue weighted by Gasteiger charge is 2.32. The van der Waals surface area contributed by atoms with E-state index in [1.807, 2.05) is 4.90 Å². The van der Waals surface area contributed by atoms with E-state index in [9.17, 15) is 4.79 Å². The van der Waals surface area contributed by atoms with E-state index in [1.54, 1.807) is 19.2 Å². The average Bonchev–Trinajstić information content (AvgIpc) is 2.83. The Balaban J connectivity index is 2.01. The number of ether oxygens (including phenoxy) is 1. The average molecular weight is 345 g/mol. The van der Waals surface area contributed by atoms with Gasteiger partial charge in [-0.25, -0.2) is 0 Å². The zero-order valence-electron chi connectivity index (χ0n) is 12.1. The molecule has 1 aliphatic heterocycles. The molecule has 2 atom stereocenters. The molecule has 5 nitrogen and oxygen atoms in total. The minimum absolute atomic E-state index is 0.0409. The largest absolute Gasteiger partial charge is 0.444 e. The number of piperazine rings is 1. The first kappa shape index (κ1) is 15.5. The van der Waals surface area contributed by atoms with E-state index in [0.29, 0.717) is 42.2 Å². The van der Waals surface area contributed by atoms with Crippen LogP contribution in [0.4, 0.5) is 0 Å². The lowest BCUT2D eigenvalue weighted by atomic mass is 10.1. The van der Waals surface area contributed by atoms with Crippen LogP contribution in [0.15, 0.2) is 21.2 Å². The summed E-state index contributed by atoms with van der Waals surface area (Å²) in [5.74, 6) is 0.349.